The molecule has 1 aromatic rings. The summed E-state index contributed by atoms with van der Waals surface area (Å²) >= 11 is 0. The molecule has 2 unspecified atom stereocenters. The molecule has 1 heterocycles. The summed E-state index contributed by atoms with van der Waals surface area (Å²) in [5.41, 5.74) is 1.62. The first-order valence-electron chi connectivity index (χ1n) is 6.29. The summed E-state index contributed by atoms with van der Waals surface area (Å²) in [6, 6.07) is 8.43. The van der Waals surface area contributed by atoms with Gasteiger partial charge >= 0.3 is 0 Å². The van der Waals surface area contributed by atoms with Gasteiger partial charge in [0.25, 0.3) is 6.43 Å². The molecule has 1 nitrogen and oxygen atoms in total. The van der Waals surface area contributed by atoms with Crippen molar-refractivity contribution in [3.8, 4) is 0 Å². The van der Waals surface area contributed by atoms with Crippen molar-refractivity contribution in [3.05, 3.63) is 35.4 Å². The normalized spacial score (nSPS) is 23.4. The SMILES string of the molecule is FC(F)C(F)Cc1cccc(C2CCC[SiH2]O2)c1. The number of hydrogen-bond acceptors (Lipinski definition) is 1. The van der Waals surface area contributed by atoms with E-state index in [0.717, 1.165) is 12.0 Å². The van der Waals surface area contributed by atoms with Crippen molar-refractivity contribution in [1.29, 1.82) is 0 Å². The third-order valence-corrected chi connectivity index (χ3v) is 4.63. The van der Waals surface area contributed by atoms with E-state index in [4.69, 9.17) is 4.43 Å². The van der Waals surface area contributed by atoms with Gasteiger partial charge in [0.2, 0.25) is 0 Å². The summed E-state index contributed by atoms with van der Waals surface area (Å²) in [6.07, 6.45) is -2.98. The molecule has 0 saturated carbocycles. The van der Waals surface area contributed by atoms with Crippen molar-refractivity contribution < 1.29 is 17.6 Å². The van der Waals surface area contributed by atoms with Crippen molar-refractivity contribution in [2.45, 2.75) is 44.0 Å². The molecule has 0 amide bonds. The summed E-state index contributed by atoms with van der Waals surface area (Å²) in [6.45, 7) is 0. The summed E-state index contributed by atoms with van der Waals surface area (Å²) in [5.74, 6) is 0. The van der Waals surface area contributed by atoms with Gasteiger partial charge in [-0.05, 0) is 23.6 Å². The van der Waals surface area contributed by atoms with Crippen LogP contribution in [0.5, 0.6) is 0 Å². The van der Waals surface area contributed by atoms with Crippen LogP contribution in [-0.4, -0.2) is 22.4 Å². The third kappa shape index (κ3) is 3.59. The summed E-state index contributed by atoms with van der Waals surface area (Å²) in [5, 5.41) is 0. The molecule has 1 aliphatic rings. The highest BCUT2D eigenvalue weighted by atomic mass is 28.2. The van der Waals surface area contributed by atoms with Gasteiger partial charge in [-0.2, -0.15) is 0 Å². The zero-order valence-corrected chi connectivity index (χ0v) is 11.5. The molecule has 5 heteroatoms. The highest BCUT2D eigenvalue weighted by molar-refractivity contribution is 6.27. The second-order valence-electron chi connectivity index (χ2n) is 4.65. The largest absolute Gasteiger partial charge is 0.417 e. The molecule has 2 atom stereocenters. The Balaban J connectivity index is 2.04. The first-order valence-corrected chi connectivity index (χ1v) is 7.87. The molecule has 18 heavy (non-hydrogen) atoms. The van der Waals surface area contributed by atoms with Gasteiger partial charge in [-0.1, -0.05) is 30.7 Å². The maximum absolute atomic E-state index is 13.0. The Morgan fingerprint density at radius 2 is 2.17 bits per heavy atom. The van der Waals surface area contributed by atoms with Crippen LogP contribution in [0, 0.1) is 0 Å². The van der Waals surface area contributed by atoms with Crippen molar-refractivity contribution in [2.24, 2.45) is 0 Å². The summed E-state index contributed by atoms with van der Waals surface area (Å²) in [7, 11) is -0.424. The van der Waals surface area contributed by atoms with E-state index >= 15 is 0 Å². The minimum absolute atomic E-state index is 0.0926. The molecule has 100 valence electrons. The summed E-state index contributed by atoms with van der Waals surface area (Å²) < 4.78 is 43.1. The molecule has 1 fully saturated rings. The highest BCUT2D eigenvalue weighted by Gasteiger charge is 2.21. The van der Waals surface area contributed by atoms with Crippen LogP contribution in [-0.2, 0) is 10.8 Å². The van der Waals surface area contributed by atoms with E-state index in [1.807, 2.05) is 6.07 Å². The van der Waals surface area contributed by atoms with Crippen LogP contribution in [0.4, 0.5) is 13.2 Å². The second kappa shape index (κ2) is 6.38. The topological polar surface area (TPSA) is 9.23 Å². The number of rotatable bonds is 4. The average Bonchev–Trinajstić information content (AvgIpc) is 2.40. The molecular weight excluding hydrogens is 257 g/mol. The van der Waals surface area contributed by atoms with E-state index in [9.17, 15) is 13.2 Å². The molecular formula is C13H17F3OSi. The van der Waals surface area contributed by atoms with Gasteiger partial charge in [0, 0.05) is 6.42 Å². The lowest BCUT2D eigenvalue weighted by Crippen LogP contribution is -2.16. The molecule has 1 saturated heterocycles. The van der Waals surface area contributed by atoms with Gasteiger partial charge < -0.3 is 4.43 Å². The molecule has 1 aromatic carbocycles. The van der Waals surface area contributed by atoms with Gasteiger partial charge in [-0.15, -0.1) is 0 Å². The van der Waals surface area contributed by atoms with E-state index in [-0.39, 0.29) is 12.5 Å². The molecule has 0 aliphatic carbocycles. The first-order chi connectivity index (χ1) is 8.66. The fourth-order valence-electron chi connectivity index (χ4n) is 2.24. The van der Waals surface area contributed by atoms with Crippen LogP contribution in [0.25, 0.3) is 0 Å². The molecule has 0 N–H and O–H groups in total. The number of benzene rings is 1. The summed E-state index contributed by atoms with van der Waals surface area (Å²) in [4.78, 5) is 0. The zero-order valence-electron chi connectivity index (χ0n) is 10.1. The van der Waals surface area contributed by atoms with Crippen molar-refractivity contribution in [2.75, 3.05) is 0 Å². The predicted molar refractivity (Wildman–Crippen MR) is 67.5 cm³/mol. The van der Waals surface area contributed by atoms with Crippen LogP contribution in [0.3, 0.4) is 0 Å². The Bertz CT molecular complexity index is 380. The van der Waals surface area contributed by atoms with Crippen LogP contribution in [0.1, 0.15) is 30.1 Å². The lowest BCUT2D eigenvalue weighted by Gasteiger charge is -2.23. The van der Waals surface area contributed by atoms with Gasteiger partial charge in [0.15, 0.2) is 15.9 Å². The monoisotopic (exact) mass is 274 g/mol. The smallest absolute Gasteiger partial charge is 0.269 e. The van der Waals surface area contributed by atoms with Crippen LogP contribution >= 0.6 is 0 Å². The number of halogens is 3. The van der Waals surface area contributed by atoms with Gasteiger partial charge in [-0.25, -0.2) is 13.2 Å². The number of alkyl halides is 3. The zero-order chi connectivity index (χ0) is 13.0. The van der Waals surface area contributed by atoms with Crippen LogP contribution < -0.4 is 0 Å². The van der Waals surface area contributed by atoms with Crippen molar-refractivity contribution >= 4 is 9.76 Å². The fraction of sp³-hybridized carbons (Fsp3) is 0.538. The van der Waals surface area contributed by atoms with Gasteiger partial charge in [0.05, 0.1) is 6.10 Å². The minimum Gasteiger partial charge on any atom is -0.417 e. The van der Waals surface area contributed by atoms with E-state index < -0.39 is 22.4 Å². The maximum Gasteiger partial charge on any atom is 0.269 e. The lowest BCUT2D eigenvalue weighted by atomic mass is 10.0. The fourth-order valence-corrected chi connectivity index (χ4v) is 3.54. The van der Waals surface area contributed by atoms with E-state index in [1.165, 1.54) is 12.5 Å². The Kier molecular flexibility index (Phi) is 4.83. The lowest BCUT2D eigenvalue weighted by molar-refractivity contribution is 0.0503. The van der Waals surface area contributed by atoms with Crippen molar-refractivity contribution in [3.63, 3.8) is 0 Å². The van der Waals surface area contributed by atoms with Gasteiger partial charge in [-0.3, -0.25) is 0 Å². The Morgan fingerprint density at radius 3 is 2.83 bits per heavy atom. The quantitative estimate of drug-likeness (QED) is 0.766. The Hall–Kier alpha value is -0.813. The highest BCUT2D eigenvalue weighted by Crippen LogP contribution is 2.28. The van der Waals surface area contributed by atoms with Crippen LogP contribution in [0.2, 0.25) is 6.04 Å². The van der Waals surface area contributed by atoms with E-state index in [2.05, 4.69) is 0 Å². The standard InChI is InChI=1S/C13H17F3OSi/c14-11(13(15)16)8-9-3-1-4-10(7-9)12-5-2-6-18-17-12/h1,3-4,7,11-13H,2,5-6,8,18H2. The molecule has 0 aromatic heterocycles. The molecule has 0 bridgehead atoms. The van der Waals surface area contributed by atoms with Gasteiger partial charge in [0.1, 0.15) is 0 Å². The molecule has 2 rings (SSSR count). The Morgan fingerprint density at radius 1 is 1.33 bits per heavy atom. The Labute approximate surface area is 107 Å². The first kappa shape index (κ1) is 13.6. The predicted octanol–water partition coefficient (Wildman–Crippen LogP) is 3.19. The van der Waals surface area contributed by atoms with E-state index in [0.29, 0.717) is 5.56 Å². The average molecular weight is 274 g/mol. The minimum atomic E-state index is -2.91. The molecule has 0 spiro atoms. The maximum atomic E-state index is 13.0. The van der Waals surface area contributed by atoms with E-state index in [1.54, 1.807) is 18.2 Å². The van der Waals surface area contributed by atoms with Crippen LogP contribution in [0.15, 0.2) is 24.3 Å². The number of hydrogen-bond donors (Lipinski definition) is 0. The second-order valence-corrected chi connectivity index (χ2v) is 6.10. The van der Waals surface area contributed by atoms with Crippen molar-refractivity contribution in [1.82, 2.24) is 0 Å². The molecule has 1 aliphatic heterocycles. The molecule has 0 radical (unpaired) electrons. The third-order valence-electron chi connectivity index (χ3n) is 3.21.